The summed E-state index contributed by atoms with van der Waals surface area (Å²) in [6.07, 6.45) is 7.84. The first-order chi connectivity index (χ1) is 18.5. The molecular formula is C33H38N2O3. The van der Waals surface area contributed by atoms with Crippen molar-refractivity contribution in [2.45, 2.75) is 45.3 Å². The summed E-state index contributed by atoms with van der Waals surface area (Å²) < 4.78 is 6.50. The van der Waals surface area contributed by atoms with Gasteiger partial charge in [0.2, 0.25) is 0 Å². The summed E-state index contributed by atoms with van der Waals surface area (Å²) >= 11 is 0. The summed E-state index contributed by atoms with van der Waals surface area (Å²) in [5, 5.41) is 23.9. The minimum atomic E-state index is -0.325. The Morgan fingerprint density at radius 2 is 1.84 bits per heavy atom. The van der Waals surface area contributed by atoms with E-state index in [9.17, 15) is 10.2 Å². The summed E-state index contributed by atoms with van der Waals surface area (Å²) in [7, 11) is 0. The molecule has 1 fully saturated rings. The zero-order valence-corrected chi connectivity index (χ0v) is 22.4. The number of unbranched alkanes of at least 4 members (excludes halogenated alkanes) is 1. The van der Waals surface area contributed by atoms with Crippen LogP contribution in [0.15, 0.2) is 72.8 Å². The second kappa shape index (κ2) is 11.9. The van der Waals surface area contributed by atoms with E-state index < -0.39 is 0 Å². The van der Waals surface area contributed by atoms with Crippen molar-refractivity contribution < 1.29 is 14.9 Å². The molecule has 0 saturated carbocycles. The third-order valence-corrected chi connectivity index (χ3v) is 7.58. The molecule has 0 radical (unpaired) electrons. The number of hydrogen-bond donors (Lipinski definition) is 3. The summed E-state index contributed by atoms with van der Waals surface area (Å²) in [4.78, 5) is 2.51. The molecular weight excluding hydrogens is 472 g/mol. The standard InChI is InChI=1S/C33H38N2O3/c1-3-4-17-34-27-16-19-35(22-27)18-6-7-24-10-12-25(13-11-24)33-32(26-8-5-9-28(36)20-26)23(2)30-21-29(37)14-15-31(30)38-33/h5-15,20-21,27,33-34,36-37H,3-4,16-19,22H2,1-2H3/b7-6-. The molecule has 0 aliphatic carbocycles. The highest BCUT2D eigenvalue weighted by atomic mass is 16.5. The first kappa shape index (κ1) is 26.1. The van der Waals surface area contributed by atoms with Crippen molar-refractivity contribution in [3.05, 3.63) is 95.1 Å². The lowest BCUT2D eigenvalue weighted by molar-refractivity contribution is 0.259. The lowest BCUT2D eigenvalue weighted by Gasteiger charge is -2.31. The molecule has 0 amide bonds. The van der Waals surface area contributed by atoms with E-state index in [1.54, 1.807) is 24.3 Å². The Labute approximate surface area is 226 Å². The molecule has 0 bridgehead atoms. The second-order valence-electron chi connectivity index (χ2n) is 10.4. The SMILES string of the molecule is CCCCNC1CCN(C/C=C\c2ccc(C3Oc4ccc(O)cc4C(C)=C3c3cccc(O)c3)cc2)C1. The predicted octanol–water partition coefficient (Wildman–Crippen LogP) is 6.64. The maximum atomic E-state index is 10.2. The van der Waals surface area contributed by atoms with E-state index in [1.807, 2.05) is 25.1 Å². The summed E-state index contributed by atoms with van der Waals surface area (Å²) in [6, 6.07) is 21.6. The number of ether oxygens (including phenoxy) is 1. The Morgan fingerprint density at radius 1 is 1.03 bits per heavy atom. The van der Waals surface area contributed by atoms with Gasteiger partial charge in [-0.15, -0.1) is 0 Å². The molecule has 2 atom stereocenters. The molecule has 3 aromatic carbocycles. The highest BCUT2D eigenvalue weighted by molar-refractivity contribution is 5.95. The molecule has 5 rings (SSSR count). The van der Waals surface area contributed by atoms with E-state index >= 15 is 0 Å². The number of benzene rings is 3. The fraction of sp³-hybridized carbons (Fsp3) is 0.333. The molecule has 2 aliphatic rings. The van der Waals surface area contributed by atoms with Gasteiger partial charge in [0.25, 0.3) is 0 Å². The highest BCUT2D eigenvalue weighted by Gasteiger charge is 2.29. The van der Waals surface area contributed by atoms with Crippen LogP contribution in [-0.2, 0) is 0 Å². The van der Waals surface area contributed by atoms with Gasteiger partial charge in [0, 0.05) is 36.8 Å². The van der Waals surface area contributed by atoms with E-state index in [1.165, 1.54) is 19.3 Å². The normalized spacial score (nSPS) is 19.6. The molecule has 0 aromatic heterocycles. The summed E-state index contributed by atoms with van der Waals surface area (Å²) in [6.45, 7) is 8.64. The van der Waals surface area contributed by atoms with Crippen LogP contribution in [0.4, 0.5) is 0 Å². The molecule has 1 saturated heterocycles. The molecule has 3 aromatic rings. The van der Waals surface area contributed by atoms with Gasteiger partial charge in [-0.1, -0.05) is 61.9 Å². The van der Waals surface area contributed by atoms with Gasteiger partial charge >= 0.3 is 0 Å². The van der Waals surface area contributed by atoms with Crippen LogP contribution in [0.3, 0.4) is 0 Å². The number of phenolic OH excluding ortho intramolecular Hbond substituents is 2. The average Bonchev–Trinajstić information content (AvgIpc) is 3.37. The van der Waals surface area contributed by atoms with Crippen LogP contribution in [0.1, 0.15) is 61.5 Å². The van der Waals surface area contributed by atoms with E-state index in [0.29, 0.717) is 6.04 Å². The van der Waals surface area contributed by atoms with Crippen LogP contribution in [0, 0.1) is 0 Å². The van der Waals surface area contributed by atoms with E-state index in [0.717, 1.165) is 65.3 Å². The second-order valence-corrected chi connectivity index (χ2v) is 10.4. The maximum absolute atomic E-state index is 10.2. The number of nitrogens with one attached hydrogen (secondary N) is 1. The Morgan fingerprint density at radius 3 is 2.63 bits per heavy atom. The topological polar surface area (TPSA) is 65.0 Å². The molecule has 2 heterocycles. The molecule has 198 valence electrons. The smallest absolute Gasteiger partial charge is 0.150 e. The van der Waals surface area contributed by atoms with Crippen molar-refractivity contribution in [3.63, 3.8) is 0 Å². The summed E-state index contributed by atoms with van der Waals surface area (Å²) in [5.41, 5.74) is 5.97. The third-order valence-electron chi connectivity index (χ3n) is 7.58. The van der Waals surface area contributed by atoms with Gasteiger partial charge in [0.1, 0.15) is 23.4 Å². The van der Waals surface area contributed by atoms with Gasteiger partial charge in [-0.05, 0) is 78.9 Å². The molecule has 38 heavy (non-hydrogen) atoms. The van der Waals surface area contributed by atoms with E-state index in [4.69, 9.17) is 4.74 Å². The zero-order valence-electron chi connectivity index (χ0n) is 22.4. The van der Waals surface area contributed by atoms with Crippen LogP contribution < -0.4 is 10.1 Å². The number of fused-ring (bicyclic) bond motifs is 1. The molecule has 5 nitrogen and oxygen atoms in total. The fourth-order valence-corrected chi connectivity index (χ4v) is 5.49. The van der Waals surface area contributed by atoms with Crippen molar-refractivity contribution >= 4 is 17.2 Å². The van der Waals surface area contributed by atoms with Gasteiger partial charge in [0.15, 0.2) is 0 Å². The minimum Gasteiger partial charge on any atom is -0.508 e. The van der Waals surface area contributed by atoms with Crippen LogP contribution in [0.25, 0.3) is 17.2 Å². The van der Waals surface area contributed by atoms with Crippen molar-refractivity contribution in [2.75, 3.05) is 26.2 Å². The number of aromatic hydroxyl groups is 2. The van der Waals surface area contributed by atoms with Gasteiger partial charge < -0.3 is 20.3 Å². The summed E-state index contributed by atoms with van der Waals surface area (Å²) in [5.74, 6) is 1.16. The number of hydrogen-bond acceptors (Lipinski definition) is 5. The van der Waals surface area contributed by atoms with Crippen molar-refractivity contribution in [1.29, 1.82) is 0 Å². The third kappa shape index (κ3) is 5.95. The first-order valence-electron chi connectivity index (χ1n) is 13.7. The molecule has 5 heteroatoms. The number of phenols is 2. The molecule has 3 N–H and O–H groups in total. The predicted molar refractivity (Wildman–Crippen MR) is 155 cm³/mol. The quantitative estimate of drug-likeness (QED) is 0.282. The Balaban J connectivity index is 1.31. The average molecular weight is 511 g/mol. The number of allylic oxidation sites excluding steroid dienone is 1. The zero-order chi connectivity index (χ0) is 26.5. The lowest BCUT2D eigenvalue weighted by Crippen LogP contribution is -2.33. The van der Waals surface area contributed by atoms with Crippen LogP contribution in [-0.4, -0.2) is 47.3 Å². The lowest BCUT2D eigenvalue weighted by atomic mass is 9.86. The van der Waals surface area contributed by atoms with Crippen molar-refractivity contribution in [3.8, 4) is 17.2 Å². The Kier molecular flexibility index (Phi) is 8.16. The minimum absolute atomic E-state index is 0.203. The van der Waals surface area contributed by atoms with Crippen molar-refractivity contribution in [1.82, 2.24) is 10.2 Å². The van der Waals surface area contributed by atoms with Gasteiger partial charge in [-0.3, -0.25) is 4.90 Å². The molecule has 0 spiro atoms. The van der Waals surface area contributed by atoms with Gasteiger partial charge in [-0.25, -0.2) is 0 Å². The van der Waals surface area contributed by atoms with Gasteiger partial charge in [0.05, 0.1) is 0 Å². The first-order valence-corrected chi connectivity index (χ1v) is 13.7. The molecule has 2 aliphatic heterocycles. The Bertz CT molecular complexity index is 1310. The monoisotopic (exact) mass is 510 g/mol. The van der Waals surface area contributed by atoms with E-state index in [2.05, 4.69) is 53.6 Å². The number of rotatable bonds is 9. The number of likely N-dealkylation sites (tertiary alicyclic amines) is 1. The van der Waals surface area contributed by atoms with Crippen LogP contribution in [0.2, 0.25) is 0 Å². The Hall–Kier alpha value is -3.54. The van der Waals surface area contributed by atoms with Crippen molar-refractivity contribution in [2.24, 2.45) is 0 Å². The van der Waals surface area contributed by atoms with Crippen LogP contribution >= 0.6 is 0 Å². The number of nitrogens with zero attached hydrogens (tertiary/aromatic N) is 1. The van der Waals surface area contributed by atoms with Crippen LogP contribution in [0.5, 0.6) is 17.2 Å². The fourth-order valence-electron chi connectivity index (χ4n) is 5.49. The molecule has 2 unspecified atom stereocenters. The largest absolute Gasteiger partial charge is 0.508 e. The maximum Gasteiger partial charge on any atom is 0.150 e. The van der Waals surface area contributed by atoms with Gasteiger partial charge in [-0.2, -0.15) is 0 Å². The highest BCUT2D eigenvalue weighted by Crippen LogP contribution is 2.47. The van der Waals surface area contributed by atoms with E-state index in [-0.39, 0.29) is 17.6 Å².